The fraction of sp³-hybridized carbons (Fsp3) is 0.118. The second-order valence-electron chi connectivity index (χ2n) is 4.43. The van der Waals surface area contributed by atoms with E-state index in [1.165, 1.54) is 20.3 Å². The van der Waals surface area contributed by atoms with Gasteiger partial charge in [0.2, 0.25) is 0 Å². The zero-order valence-corrected chi connectivity index (χ0v) is 12.5. The molecule has 23 heavy (non-hydrogen) atoms. The van der Waals surface area contributed by atoms with E-state index in [4.69, 9.17) is 9.68 Å². The molecule has 2 aromatic rings. The van der Waals surface area contributed by atoms with Gasteiger partial charge < -0.3 is 13.9 Å². The molecular weight excluding hydrogens is 298 g/mol. The van der Waals surface area contributed by atoms with Crippen molar-refractivity contribution in [2.24, 2.45) is 0 Å². The molecular formula is C17H13NO5. The summed E-state index contributed by atoms with van der Waals surface area (Å²) in [5.74, 6) is -0.266. The molecule has 0 spiro atoms. The van der Waals surface area contributed by atoms with Crippen LogP contribution < -0.4 is 0 Å². The zero-order valence-electron chi connectivity index (χ0n) is 12.5. The van der Waals surface area contributed by atoms with E-state index in [9.17, 15) is 9.59 Å². The van der Waals surface area contributed by atoms with Crippen molar-refractivity contribution < 1.29 is 23.5 Å². The van der Waals surface area contributed by atoms with Gasteiger partial charge in [-0.1, -0.05) is 12.1 Å². The molecule has 0 aliphatic carbocycles. The maximum Gasteiger partial charge on any atom is 0.348 e. The van der Waals surface area contributed by atoms with E-state index < -0.39 is 11.9 Å². The third-order valence-electron chi connectivity index (χ3n) is 3.03. The first-order valence-corrected chi connectivity index (χ1v) is 6.57. The molecule has 6 nitrogen and oxygen atoms in total. The number of carbonyl (C=O) groups excluding carboxylic acids is 2. The molecule has 0 bridgehead atoms. The van der Waals surface area contributed by atoms with E-state index in [2.05, 4.69) is 9.47 Å². The number of hydrogen-bond donors (Lipinski definition) is 0. The summed E-state index contributed by atoms with van der Waals surface area (Å²) in [6.07, 6.45) is 1.30. The second-order valence-corrected chi connectivity index (χ2v) is 4.43. The number of hydrogen-bond acceptors (Lipinski definition) is 6. The SMILES string of the molecule is COC(=O)C(C#N)=Cc1ccc(-c2ccc(C(=O)OC)cc2)o1. The Labute approximate surface area is 132 Å². The Hall–Kier alpha value is -3.33. The first-order valence-electron chi connectivity index (χ1n) is 6.57. The Morgan fingerprint density at radius 1 is 1.09 bits per heavy atom. The maximum atomic E-state index is 11.4. The lowest BCUT2D eigenvalue weighted by molar-refractivity contribution is -0.135. The van der Waals surface area contributed by atoms with Gasteiger partial charge in [0.15, 0.2) is 0 Å². The van der Waals surface area contributed by atoms with Crippen molar-refractivity contribution in [3.8, 4) is 17.4 Å². The fourth-order valence-electron chi connectivity index (χ4n) is 1.86. The van der Waals surface area contributed by atoms with Crippen LogP contribution in [-0.4, -0.2) is 26.2 Å². The molecule has 1 aromatic carbocycles. The maximum absolute atomic E-state index is 11.4. The van der Waals surface area contributed by atoms with Crippen molar-refractivity contribution in [3.05, 3.63) is 53.3 Å². The Bertz CT molecular complexity index is 793. The van der Waals surface area contributed by atoms with Crippen molar-refractivity contribution >= 4 is 18.0 Å². The minimum absolute atomic E-state index is 0.158. The number of methoxy groups -OCH3 is 2. The lowest BCUT2D eigenvalue weighted by atomic mass is 10.1. The molecule has 0 aliphatic heterocycles. The van der Waals surface area contributed by atoms with Crippen LogP contribution in [0.5, 0.6) is 0 Å². The van der Waals surface area contributed by atoms with E-state index in [-0.39, 0.29) is 5.57 Å². The molecule has 0 saturated heterocycles. The highest BCUT2D eigenvalue weighted by Crippen LogP contribution is 2.24. The van der Waals surface area contributed by atoms with Crippen LogP contribution in [0.25, 0.3) is 17.4 Å². The first kappa shape index (κ1) is 16.0. The third kappa shape index (κ3) is 3.66. The van der Waals surface area contributed by atoms with Gasteiger partial charge in [0, 0.05) is 11.6 Å². The highest BCUT2D eigenvalue weighted by atomic mass is 16.5. The predicted molar refractivity (Wildman–Crippen MR) is 81.1 cm³/mol. The van der Waals surface area contributed by atoms with Gasteiger partial charge in [0.05, 0.1) is 19.8 Å². The quantitative estimate of drug-likeness (QED) is 0.490. The molecule has 0 N–H and O–H groups in total. The lowest BCUT2D eigenvalue weighted by Crippen LogP contribution is -2.02. The van der Waals surface area contributed by atoms with Crippen LogP contribution in [0, 0.1) is 11.3 Å². The molecule has 0 radical (unpaired) electrons. The first-order chi connectivity index (χ1) is 11.1. The van der Waals surface area contributed by atoms with E-state index in [1.807, 2.05) is 0 Å². The average Bonchev–Trinajstić information content (AvgIpc) is 3.07. The summed E-state index contributed by atoms with van der Waals surface area (Å²) >= 11 is 0. The molecule has 2 rings (SSSR count). The molecule has 0 saturated carbocycles. The van der Waals surface area contributed by atoms with Gasteiger partial charge in [-0.25, -0.2) is 9.59 Å². The molecule has 0 fully saturated rings. The Morgan fingerprint density at radius 2 is 1.78 bits per heavy atom. The van der Waals surface area contributed by atoms with Gasteiger partial charge in [-0.05, 0) is 24.3 Å². The summed E-state index contributed by atoms with van der Waals surface area (Å²) < 4.78 is 14.7. The molecule has 116 valence electrons. The van der Waals surface area contributed by atoms with Crippen molar-refractivity contribution in [1.82, 2.24) is 0 Å². The lowest BCUT2D eigenvalue weighted by Gasteiger charge is -2.00. The van der Waals surface area contributed by atoms with Crippen LogP contribution in [-0.2, 0) is 14.3 Å². The van der Waals surface area contributed by atoms with Crippen molar-refractivity contribution in [1.29, 1.82) is 5.26 Å². The van der Waals surface area contributed by atoms with Gasteiger partial charge in [0.25, 0.3) is 0 Å². The van der Waals surface area contributed by atoms with Crippen LogP contribution in [0.15, 0.2) is 46.4 Å². The number of furan rings is 1. The van der Waals surface area contributed by atoms with Gasteiger partial charge >= 0.3 is 11.9 Å². The normalized spacial score (nSPS) is 10.7. The largest absolute Gasteiger partial charge is 0.465 e. The van der Waals surface area contributed by atoms with Gasteiger partial charge in [-0.2, -0.15) is 5.26 Å². The monoisotopic (exact) mass is 311 g/mol. The van der Waals surface area contributed by atoms with Gasteiger partial charge in [-0.3, -0.25) is 0 Å². The number of benzene rings is 1. The molecule has 0 atom stereocenters. The van der Waals surface area contributed by atoms with E-state index in [0.29, 0.717) is 17.1 Å². The highest BCUT2D eigenvalue weighted by molar-refractivity contribution is 5.97. The number of ether oxygens (including phenoxy) is 2. The summed E-state index contributed by atoms with van der Waals surface area (Å²) in [6, 6.07) is 11.7. The second kappa shape index (κ2) is 7.09. The van der Waals surface area contributed by atoms with Crippen molar-refractivity contribution in [2.75, 3.05) is 14.2 Å². The van der Waals surface area contributed by atoms with Gasteiger partial charge in [-0.15, -0.1) is 0 Å². The van der Waals surface area contributed by atoms with Crippen LogP contribution in [0.4, 0.5) is 0 Å². The highest BCUT2D eigenvalue weighted by Gasteiger charge is 2.11. The van der Waals surface area contributed by atoms with Crippen LogP contribution in [0.3, 0.4) is 0 Å². The number of nitrogens with zero attached hydrogens (tertiary/aromatic N) is 1. The summed E-state index contributed by atoms with van der Waals surface area (Å²) in [5.41, 5.74) is 1.02. The van der Waals surface area contributed by atoms with Crippen LogP contribution in [0.2, 0.25) is 0 Å². The predicted octanol–water partition coefficient (Wildman–Crippen LogP) is 2.81. The van der Waals surface area contributed by atoms with Crippen LogP contribution in [0.1, 0.15) is 16.1 Å². The van der Waals surface area contributed by atoms with Crippen molar-refractivity contribution in [2.45, 2.75) is 0 Å². The van der Waals surface area contributed by atoms with E-state index in [1.54, 1.807) is 42.5 Å². The molecule has 0 aliphatic rings. The summed E-state index contributed by atoms with van der Waals surface area (Å²) in [5, 5.41) is 8.91. The number of rotatable bonds is 4. The fourth-order valence-corrected chi connectivity index (χ4v) is 1.86. The zero-order chi connectivity index (χ0) is 16.8. The molecule has 0 unspecified atom stereocenters. The summed E-state index contributed by atoms with van der Waals surface area (Å²) in [4.78, 5) is 22.7. The van der Waals surface area contributed by atoms with E-state index >= 15 is 0 Å². The minimum Gasteiger partial charge on any atom is -0.465 e. The number of esters is 2. The van der Waals surface area contributed by atoms with Crippen LogP contribution >= 0.6 is 0 Å². The Kier molecular flexibility index (Phi) is 4.95. The summed E-state index contributed by atoms with van der Waals surface area (Å²) in [6.45, 7) is 0. The third-order valence-corrected chi connectivity index (χ3v) is 3.03. The minimum atomic E-state index is -0.729. The molecule has 1 heterocycles. The Balaban J connectivity index is 2.26. The number of carbonyl (C=O) groups is 2. The Morgan fingerprint density at radius 3 is 2.35 bits per heavy atom. The number of nitriles is 1. The average molecular weight is 311 g/mol. The van der Waals surface area contributed by atoms with Gasteiger partial charge in [0.1, 0.15) is 23.2 Å². The standard InChI is InChI=1S/C17H13NO5/c1-21-16(19)12-5-3-11(4-6-12)15-8-7-14(23-15)9-13(10-18)17(20)22-2/h3-9H,1-2H3. The topological polar surface area (TPSA) is 89.5 Å². The molecule has 1 aromatic heterocycles. The molecule has 6 heteroatoms. The molecule has 0 amide bonds. The smallest absolute Gasteiger partial charge is 0.348 e. The van der Waals surface area contributed by atoms with E-state index in [0.717, 1.165) is 5.56 Å². The summed E-state index contributed by atoms with van der Waals surface area (Å²) in [7, 11) is 2.51. The van der Waals surface area contributed by atoms with Crippen molar-refractivity contribution in [3.63, 3.8) is 0 Å².